The molecule has 0 aliphatic carbocycles. The Morgan fingerprint density at radius 1 is 0.968 bits per heavy atom. The van der Waals surface area contributed by atoms with Crippen LogP contribution in [0.1, 0.15) is 28.4 Å². The molecule has 158 valence electrons. The first-order valence-electron chi connectivity index (χ1n) is 10.5. The number of carbonyl (C=O) groups is 1. The molecule has 6 heteroatoms. The molecular formula is C25H23FN2O3. The summed E-state index contributed by atoms with van der Waals surface area (Å²) in [7, 11) is 1.56. The molecular weight excluding hydrogens is 395 g/mol. The number of aromatic nitrogens is 1. The van der Waals surface area contributed by atoms with Crippen LogP contribution in [0.2, 0.25) is 0 Å². The van der Waals surface area contributed by atoms with E-state index in [1.807, 2.05) is 17.0 Å². The molecule has 2 bridgehead atoms. The minimum atomic E-state index is -0.316. The van der Waals surface area contributed by atoms with Crippen molar-refractivity contribution in [2.45, 2.75) is 18.9 Å². The highest BCUT2D eigenvalue weighted by molar-refractivity contribution is 5.97. The van der Waals surface area contributed by atoms with Gasteiger partial charge >= 0.3 is 0 Å². The van der Waals surface area contributed by atoms with Crippen molar-refractivity contribution in [3.05, 3.63) is 88.1 Å². The van der Waals surface area contributed by atoms with E-state index in [0.717, 1.165) is 17.7 Å². The summed E-state index contributed by atoms with van der Waals surface area (Å²) in [5.41, 5.74) is 2.50. The largest absolute Gasteiger partial charge is 0.496 e. The van der Waals surface area contributed by atoms with Crippen molar-refractivity contribution in [2.24, 2.45) is 5.92 Å². The molecule has 2 aliphatic rings. The van der Waals surface area contributed by atoms with E-state index < -0.39 is 0 Å². The second-order valence-corrected chi connectivity index (χ2v) is 8.27. The number of ether oxygens (including phenoxy) is 1. The van der Waals surface area contributed by atoms with E-state index in [9.17, 15) is 14.0 Å². The number of para-hydroxylation sites is 1. The number of pyridine rings is 1. The highest BCUT2D eigenvalue weighted by atomic mass is 19.1. The molecule has 2 aromatic carbocycles. The van der Waals surface area contributed by atoms with Gasteiger partial charge in [-0.3, -0.25) is 9.59 Å². The van der Waals surface area contributed by atoms with Gasteiger partial charge in [-0.15, -0.1) is 0 Å². The van der Waals surface area contributed by atoms with E-state index in [0.29, 0.717) is 36.5 Å². The first-order valence-corrected chi connectivity index (χ1v) is 10.5. The van der Waals surface area contributed by atoms with Crippen LogP contribution in [-0.2, 0) is 6.54 Å². The molecule has 5 nitrogen and oxygen atoms in total. The summed E-state index contributed by atoms with van der Waals surface area (Å²) in [5.74, 6) is 0.301. The third-order valence-electron chi connectivity index (χ3n) is 6.38. The van der Waals surface area contributed by atoms with E-state index in [1.165, 1.54) is 12.1 Å². The number of amides is 1. The Hall–Kier alpha value is -3.41. The number of likely N-dealkylation sites (tertiary alicyclic amines) is 1. The van der Waals surface area contributed by atoms with Gasteiger partial charge in [0.05, 0.1) is 12.7 Å². The first-order chi connectivity index (χ1) is 15.1. The average Bonchev–Trinajstić information content (AvgIpc) is 2.79. The number of methoxy groups -OCH3 is 1. The quantitative estimate of drug-likeness (QED) is 0.648. The molecule has 0 spiro atoms. The van der Waals surface area contributed by atoms with Gasteiger partial charge in [0.2, 0.25) is 0 Å². The van der Waals surface area contributed by atoms with Gasteiger partial charge in [-0.05, 0) is 36.6 Å². The number of carbonyl (C=O) groups excluding carboxylic acids is 1. The fraction of sp³-hybridized carbons (Fsp3) is 0.280. The monoisotopic (exact) mass is 418 g/mol. The smallest absolute Gasteiger partial charge is 0.257 e. The Kier molecular flexibility index (Phi) is 4.85. The zero-order valence-corrected chi connectivity index (χ0v) is 17.3. The van der Waals surface area contributed by atoms with Crippen LogP contribution >= 0.6 is 0 Å². The molecule has 1 amide bonds. The molecule has 1 fully saturated rings. The van der Waals surface area contributed by atoms with Crippen LogP contribution in [0.5, 0.6) is 5.75 Å². The standard InChI is InChI=1S/C25H23FN2O3/c1-31-22-9-5-3-7-20(22)25(30)27-13-16-12-17(15-27)24-19(10-11-23(29)28(24)14-16)18-6-2-4-8-21(18)26/h2-11,16-17H,12-15H2,1H3/t16-,17+/m0/s1. The van der Waals surface area contributed by atoms with Crippen molar-refractivity contribution in [3.63, 3.8) is 0 Å². The number of rotatable bonds is 3. The Morgan fingerprint density at radius 2 is 1.74 bits per heavy atom. The summed E-state index contributed by atoms with van der Waals surface area (Å²) in [6, 6.07) is 17.1. The van der Waals surface area contributed by atoms with E-state index in [-0.39, 0.29) is 29.1 Å². The maximum Gasteiger partial charge on any atom is 0.257 e. The highest BCUT2D eigenvalue weighted by Crippen LogP contribution is 2.41. The van der Waals surface area contributed by atoms with Crippen molar-refractivity contribution in [3.8, 4) is 16.9 Å². The van der Waals surface area contributed by atoms with Crippen molar-refractivity contribution in [2.75, 3.05) is 20.2 Å². The van der Waals surface area contributed by atoms with Gasteiger partial charge in [0, 0.05) is 48.4 Å². The maximum absolute atomic E-state index is 14.6. The minimum Gasteiger partial charge on any atom is -0.496 e. The Labute approximate surface area is 179 Å². The summed E-state index contributed by atoms with van der Waals surface area (Å²) < 4.78 is 21.8. The molecule has 2 atom stereocenters. The molecule has 1 saturated heterocycles. The lowest BCUT2D eigenvalue weighted by Gasteiger charge is -2.43. The highest BCUT2D eigenvalue weighted by Gasteiger charge is 2.38. The van der Waals surface area contributed by atoms with Gasteiger partial charge in [0.1, 0.15) is 11.6 Å². The fourth-order valence-corrected chi connectivity index (χ4v) is 5.08. The molecule has 0 saturated carbocycles. The molecule has 5 rings (SSSR count). The number of benzene rings is 2. The summed E-state index contributed by atoms with van der Waals surface area (Å²) in [5, 5.41) is 0. The molecule has 31 heavy (non-hydrogen) atoms. The number of piperidine rings is 1. The molecule has 0 radical (unpaired) electrons. The molecule has 3 aromatic rings. The fourth-order valence-electron chi connectivity index (χ4n) is 5.08. The van der Waals surface area contributed by atoms with Crippen LogP contribution in [0.3, 0.4) is 0 Å². The molecule has 3 heterocycles. The summed E-state index contributed by atoms with van der Waals surface area (Å²) in [6.07, 6.45) is 0.876. The summed E-state index contributed by atoms with van der Waals surface area (Å²) in [4.78, 5) is 27.8. The third-order valence-corrected chi connectivity index (χ3v) is 6.38. The molecule has 1 aromatic heterocycles. The lowest BCUT2D eigenvalue weighted by Crippen LogP contribution is -2.49. The second kappa shape index (κ2) is 7.69. The van der Waals surface area contributed by atoms with E-state index in [1.54, 1.807) is 48.1 Å². The SMILES string of the molecule is COc1ccccc1C(=O)N1C[C@@H]2C[C@H](C1)c1c(-c3ccccc3F)ccc(=O)n1C2. The number of hydrogen-bond donors (Lipinski definition) is 0. The van der Waals surface area contributed by atoms with Crippen molar-refractivity contribution >= 4 is 5.91 Å². The molecule has 0 unspecified atom stereocenters. The third kappa shape index (κ3) is 3.32. The van der Waals surface area contributed by atoms with E-state index >= 15 is 0 Å². The maximum atomic E-state index is 14.6. The van der Waals surface area contributed by atoms with Crippen molar-refractivity contribution in [1.82, 2.24) is 9.47 Å². The lowest BCUT2D eigenvalue weighted by atomic mass is 9.80. The van der Waals surface area contributed by atoms with Crippen LogP contribution in [0, 0.1) is 11.7 Å². The zero-order valence-electron chi connectivity index (χ0n) is 17.3. The Bertz CT molecular complexity index is 1220. The molecule has 2 aliphatic heterocycles. The first kappa shape index (κ1) is 19.5. The van der Waals surface area contributed by atoms with Gasteiger partial charge in [-0.1, -0.05) is 30.3 Å². The predicted octanol–water partition coefficient (Wildman–Crippen LogP) is 3.92. The van der Waals surface area contributed by atoms with Gasteiger partial charge in [0.25, 0.3) is 11.5 Å². The van der Waals surface area contributed by atoms with Crippen molar-refractivity contribution in [1.29, 1.82) is 0 Å². The minimum absolute atomic E-state index is 0.0327. The zero-order chi connectivity index (χ0) is 21.5. The second-order valence-electron chi connectivity index (χ2n) is 8.27. The number of fused-ring (bicyclic) bond motifs is 4. The normalized spacial score (nSPS) is 19.6. The predicted molar refractivity (Wildman–Crippen MR) is 116 cm³/mol. The van der Waals surface area contributed by atoms with Gasteiger partial charge in [0.15, 0.2) is 0 Å². The average molecular weight is 418 g/mol. The van der Waals surface area contributed by atoms with Gasteiger partial charge in [-0.2, -0.15) is 0 Å². The topological polar surface area (TPSA) is 51.5 Å². The lowest BCUT2D eigenvalue weighted by molar-refractivity contribution is 0.0592. The number of nitrogens with zero attached hydrogens (tertiary/aromatic N) is 2. The van der Waals surface area contributed by atoms with Crippen molar-refractivity contribution < 1.29 is 13.9 Å². The number of hydrogen-bond acceptors (Lipinski definition) is 3. The Balaban J connectivity index is 1.56. The van der Waals surface area contributed by atoms with Crippen LogP contribution < -0.4 is 10.3 Å². The number of halogens is 1. The van der Waals surface area contributed by atoms with Gasteiger partial charge in [-0.25, -0.2) is 4.39 Å². The van der Waals surface area contributed by atoms with E-state index in [4.69, 9.17) is 4.74 Å². The Morgan fingerprint density at radius 3 is 2.55 bits per heavy atom. The van der Waals surface area contributed by atoms with Crippen LogP contribution in [0.15, 0.2) is 65.5 Å². The van der Waals surface area contributed by atoms with Crippen LogP contribution in [0.25, 0.3) is 11.1 Å². The van der Waals surface area contributed by atoms with Crippen LogP contribution in [0.4, 0.5) is 4.39 Å². The van der Waals surface area contributed by atoms with Crippen LogP contribution in [-0.4, -0.2) is 35.6 Å². The van der Waals surface area contributed by atoms with Gasteiger partial charge < -0.3 is 14.2 Å². The summed E-state index contributed by atoms with van der Waals surface area (Å²) in [6.45, 7) is 1.60. The van der Waals surface area contributed by atoms with E-state index in [2.05, 4.69) is 0 Å². The molecule has 0 N–H and O–H groups in total. The summed E-state index contributed by atoms with van der Waals surface area (Å²) >= 11 is 0.